The first-order chi connectivity index (χ1) is 9.01. The SMILES string of the molecule is CCCN(CC(=O)NC)C(=O)c1cccc(C)c1F. The predicted molar refractivity (Wildman–Crippen MR) is 71.4 cm³/mol. The van der Waals surface area contributed by atoms with Crippen LogP contribution < -0.4 is 5.32 Å². The summed E-state index contributed by atoms with van der Waals surface area (Å²) in [5.41, 5.74) is 0.430. The van der Waals surface area contributed by atoms with E-state index in [9.17, 15) is 14.0 Å². The van der Waals surface area contributed by atoms with Crippen LogP contribution in [-0.2, 0) is 4.79 Å². The van der Waals surface area contributed by atoms with Crippen molar-refractivity contribution in [3.63, 3.8) is 0 Å². The van der Waals surface area contributed by atoms with Gasteiger partial charge in [0.05, 0.1) is 12.1 Å². The summed E-state index contributed by atoms with van der Waals surface area (Å²) >= 11 is 0. The lowest BCUT2D eigenvalue weighted by molar-refractivity contribution is -0.121. The minimum atomic E-state index is -0.523. The first-order valence-corrected chi connectivity index (χ1v) is 6.26. The fourth-order valence-electron chi connectivity index (χ4n) is 1.76. The molecule has 5 heteroatoms. The topological polar surface area (TPSA) is 49.4 Å². The average Bonchev–Trinajstić information content (AvgIpc) is 2.40. The number of amides is 2. The maximum Gasteiger partial charge on any atom is 0.257 e. The van der Waals surface area contributed by atoms with Crippen LogP contribution in [0.3, 0.4) is 0 Å². The van der Waals surface area contributed by atoms with E-state index in [0.29, 0.717) is 18.5 Å². The van der Waals surface area contributed by atoms with Gasteiger partial charge in [0.15, 0.2) is 0 Å². The van der Waals surface area contributed by atoms with E-state index in [0.717, 1.165) is 0 Å². The fourth-order valence-corrected chi connectivity index (χ4v) is 1.76. The molecular formula is C14H19FN2O2. The standard InChI is InChI=1S/C14H19FN2O2/c1-4-8-17(9-12(18)16-3)14(19)11-7-5-6-10(2)13(11)15/h5-7H,4,8-9H2,1-3H3,(H,16,18). The molecule has 19 heavy (non-hydrogen) atoms. The Bertz CT molecular complexity index is 475. The molecular weight excluding hydrogens is 247 g/mol. The monoisotopic (exact) mass is 266 g/mol. The molecule has 0 bridgehead atoms. The van der Waals surface area contributed by atoms with Crippen LogP contribution in [0.25, 0.3) is 0 Å². The molecule has 1 rings (SSSR count). The van der Waals surface area contributed by atoms with E-state index in [2.05, 4.69) is 5.32 Å². The van der Waals surface area contributed by atoms with Crippen molar-refractivity contribution in [2.24, 2.45) is 0 Å². The molecule has 104 valence electrons. The zero-order valence-corrected chi connectivity index (χ0v) is 11.5. The summed E-state index contributed by atoms with van der Waals surface area (Å²) in [4.78, 5) is 25.0. The third-order valence-electron chi connectivity index (χ3n) is 2.82. The zero-order chi connectivity index (χ0) is 14.4. The summed E-state index contributed by atoms with van der Waals surface area (Å²) in [7, 11) is 1.50. The Labute approximate surface area is 112 Å². The zero-order valence-electron chi connectivity index (χ0n) is 11.5. The number of nitrogens with one attached hydrogen (secondary N) is 1. The highest BCUT2D eigenvalue weighted by Gasteiger charge is 2.21. The van der Waals surface area contributed by atoms with Gasteiger partial charge in [0.2, 0.25) is 5.91 Å². The van der Waals surface area contributed by atoms with E-state index in [1.54, 1.807) is 19.1 Å². The third-order valence-corrected chi connectivity index (χ3v) is 2.82. The highest BCUT2D eigenvalue weighted by molar-refractivity contribution is 5.96. The molecule has 0 aliphatic carbocycles. The van der Waals surface area contributed by atoms with Crippen LogP contribution in [0.1, 0.15) is 29.3 Å². The van der Waals surface area contributed by atoms with Crippen LogP contribution in [0.2, 0.25) is 0 Å². The molecule has 0 radical (unpaired) electrons. The van der Waals surface area contributed by atoms with Crippen molar-refractivity contribution in [1.29, 1.82) is 0 Å². The minimum Gasteiger partial charge on any atom is -0.358 e. The summed E-state index contributed by atoms with van der Waals surface area (Å²) in [6.45, 7) is 3.86. The average molecular weight is 266 g/mol. The van der Waals surface area contributed by atoms with Gasteiger partial charge >= 0.3 is 0 Å². The van der Waals surface area contributed by atoms with Gasteiger partial charge in [0.25, 0.3) is 5.91 Å². The number of halogens is 1. The van der Waals surface area contributed by atoms with Crippen molar-refractivity contribution >= 4 is 11.8 Å². The molecule has 0 atom stereocenters. The summed E-state index contributed by atoms with van der Waals surface area (Å²) in [5.74, 6) is -1.24. The van der Waals surface area contributed by atoms with Crippen molar-refractivity contribution < 1.29 is 14.0 Å². The smallest absolute Gasteiger partial charge is 0.257 e. The van der Waals surface area contributed by atoms with Crippen LogP contribution in [0.15, 0.2) is 18.2 Å². The van der Waals surface area contributed by atoms with Crippen molar-refractivity contribution in [2.45, 2.75) is 20.3 Å². The van der Waals surface area contributed by atoms with Crippen LogP contribution in [0.5, 0.6) is 0 Å². The van der Waals surface area contributed by atoms with Crippen LogP contribution in [-0.4, -0.2) is 36.9 Å². The number of carbonyl (C=O) groups is 2. The van der Waals surface area contributed by atoms with Crippen LogP contribution in [0, 0.1) is 12.7 Å². The number of carbonyl (C=O) groups excluding carboxylic acids is 2. The van der Waals surface area contributed by atoms with Gasteiger partial charge in [-0.05, 0) is 25.0 Å². The molecule has 1 aromatic carbocycles. The Kier molecular flexibility index (Phi) is 5.48. The third kappa shape index (κ3) is 3.77. The lowest BCUT2D eigenvalue weighted by Gasteiger charge is -2.21. The van der Waals surface area contributed by atoms with Crippen molar-refractivity contribution in [3.05, 3.63) is 35.1 Å². The highest BCUT2D eigenvalue weighted by Crippen LogP contribution is 2.14. The Balaban J connectivity index is 2.98. The molecule has 0 aromatic heterocycles. The predicted octanol–water partition coefficient (Wildman–Crippen LogP) is 1.73. The number of aryl methyl sites for hydroxylation is 1. The first-order valence-electron chi connectivity index (χ1n) is 6.26. The lowest BCUT2D eigenvalue weighted by Crippen LogP contribution is -2.40. The van der Waals surface area contributed by atoms with Gasteiger partial charge in [-0.1, -0.05) is 19.1 Å². The van der Waals surface area contributed by atoms with E-state index >= 15 is 0 Å². The van der Waals surface area contributed by atoms with Crippen molar-refractivity contribution in [2.75, 3.05) is 20.1 Å². The van der Waals surface area contributed by atoms with E-state index in [1.807, 2.05) is 6.92 Å². The maximum absolute atomic E-state index is 13.9. The van der Waals surface area contributed by atoms with E-state index in [1.165, 1.54) is 18.0 Å². The van der Waals surface area contributed by atoms with E-state index in [4.69, 9.17) is 0 Å². The van der Waals surface area contributed by atoms with Gasteiger partial charge in [-0.15, -0.1) is 0 Å². The van der Waals surface area contributed by atoms with Crippen molar-refractivity contribution in [1.82, 2.24) is 10.2 Å². The molecule has 1 aromatic rings. The maximum atomic E-state index is 13.9. The molecule has 0 saturated heterocycles. The van der Waals surface area contributed by atoms with Gasteiger partial charge in [0.1, 0.15) is 5.82 Å². The number of hydrogen-bond donors (Lipinski definition) is 1. The quantitative estimate of drug-likeness (QED) is 0.882. The van der Waals surface area contributed by atoms with E-state index in [-0.39, 0.29) is 18.0 Å². The van der Waals surface area contributed by atoms with Gasteiger partial charge in [-0.2, -0.15) is 0 Å². The molecule has 0 aliphatic rings. The van der Waals surface area contributed by atoms with Crippen LogP contribution in [0.4, 0.5) is 4.39 Å². The largest absolute Gasteiger partial charge is 0.358 e. The molecule has 0 spiro atoms. The molecule has 0 heterocycles. The summed E-state index contributed by atoms with van der Waals surface area (Å²) in [6, 6.07) is 4.68. The second-order valence-corrected chi connectivity index (χ2v) is 4.34. The summed E-state index contributed by atoms with van der Waals surface area (Å²) in [5, 5.41) is 2.46. The Hall–Kier alpha value is -1.91. The Morgan fingerprint density at radius 2 is 2.05 bits per heavy atom. The minimum absolute atomic E-state index is 0.0114. The Morgan fingerprint density at radius 1 is 1.37 bits per heavy atom. The fraction of sp³-hybridized carbons (Fsp3) is 0.429. The first kappa shape index (κ1) is 15.1. The summed E-state index contributed by atoms with van der Waals surface area (Å²) < 4.78 is 13.9. The highest BCUT2D eigenvalue weighted by atomic mass is 19.1. The molecule has 0 fully saturated rings. The van der Waals surface area contributed by atoms with Gasteiger partial charge in [-0.3, -0.25) is 9.59 Å². The summed E-state index contributed by atoms with van der Waals surface area (Å²) in [6.07, 6.45) is 0.705. The van der Waals surface area contributed by atoms with Gasteiger partial charge < -0.3 is 10.2 Å². The van der Waals surface area contributed by atoms with Gasteiger partial charge in [-0.25, -0.2) is 4.39 Å². The number of hydrogen-bond acceptors (Lipinski definition) is 2. The number of benzene rings is 1. The van der Waals surface area contributed by atoms with E-state index < -0.39 is 11.7 Å². The van der Waals surface area contributed by atoms with Gasteiger partial charge in [0, 0.05) is 13.6 Å². The number of likely N-dealkylation sites (N-methyl/N-ethyl adjacent to an activating group) is 1. The second kappa shape index (κ2) is 6.87. The Morgan fingerprint density at radius 3 is 2.63 bits per heavy atom. The second-order valence-electron chi connectivity index (χ2n) is 4.34. The molecule has 0 aliphatic heterocycles. The number of rotatable bonds is 5. The number of nitrogens with zero attached hydrogens (tertiary/aromatic N) is 1. The lowest BCUT2D eigenvalue weighted by atomic mass is 10.1. The van der Waals surface area contributed by atoms with Crippen LogP contribution >= 0.6 is 0 Å². The molecule has 0 unspecified atom stereocenters. The molecule has 2 amide bonds. The van der Waals surface area contributed by atoms with Crippen molar-refractivity contribution in [3.8, 4) is 0 Å². The molecule has 0 saturated carbocycles. The molecule has 4 nitrogen and oxygen atoms in total. The normalized spacial score (nSPS) is 10.1. The molecule has 1 N–H and O–H groups in total.